The fraction of sp³-hybridized carbons (Fsp3) is 0.176. The standard InChI is InChI=1S/C17H18ClN3O3S/c1-13-5-3-8-16(9-13)21(25(2,23)24)12-17(22)20-19-11-14-6-4-7-15(18)10-14/h3-11H,12H2,1-2H3,(H,20,22)/b19-11+. The number of hydrazone groups is 1. The number of nitrogens with one attached hydrogen (secondary N) is 1. The first-order valence-corrected chi connectivity index (χ1v) is 9.60. The number of aryl methyl sites for hydroxylation is 1. The molecule has 0 bridgehead atoms. The summed E-state index contributed by atoms with van der Waals surface area (Å²) in [6.07, 6.45) is 2.49. The molecule has 0 unspecified atom stereocenters. The van der Waals surface area contributed by atoms with Crippen LogP contribution in [0.3, 0.4) is 0 Å². The molecule has 0 aromatic heterocycles. The first-order chi connectivity index (χ1) is 11.8. The van der Waals surface area contributed by atoms with Crippen molar-refractivity contribution < 1.29 is 13.2 Å². The number of benzene rings is 2. The number of rotatable bonds is 6. The Kier molecular flexibility index (Phi) is 6.17. The minimum Gasteiger partial charge on any atom is -0.271 e. The molecular formula is C17H18ClN3O3S. The van der Waals surface area contributed by atoms with Crippen molar-refractivity contribution in [3.63, 3.8) is 0 Å². The van der Waals surface area contributed by atoms with Crippen LogP contribution in [-0.4, -0.2) is 33.3 Å². The van der Waals surface area contributed by atoms with Crippen LogP contribution in [0.5, 0.6) is 0 Å². The van der Waals surface area contributed by atoms with E-state index in [4.69, 9.17) is 11.6 Å². The van der Waals surface area contributed by atoms with E-state index in [1.165, 1.54) is 6.21 Å². The molecule has 0 radical (unpaired) electrons. The second kappa shape index (κ2) is 8.13. The number of carbonyl (C=O) groups excluding carboxylic acids is 1. The lowest BCUT2D eigenvalue weighted by atomic mass is 10.2. The molecule has 2 rings (SSSR count). The molecular weight excluding hydrogens is 362 g/mol. The van der Waals surface area contributed by atoms with E-state index in [1.54, 1.807) is 42.5 Å². The maximum absolute atomic E-state index is 12.1. The van der Waals surface area contributed by atoms with Gasteiger partial charge in [-0.25, -0.2) is 13.8 Å². The monoisotopic (exact) mass is 379 g/mol. The van der Waals surface area contributed by atoms with Gasteiger partial charge in [0.05, 0.1) is 18.2 Å². The zero-order valence-electron chi connectivity index (χ0n) is 13.8. The molecule has 0 aliphatic rings. The van der Waals surface area contributed by atoms with Gasteiger partial charge in [-0.15, -0.1) is 0 Å². The molecule has 0 saturated heterocycles. The van der Waals surface area contributed by atoms with Crippen molar-refractivity contribution in [1.82, 2.24) is 5.43 Å². The molecule has 8 heteroatoms. The van der Waals surface area contributed by atoms with Crippen molar-refractivity contribution in [1.29, 1.82) is 0 Å². The second-order valence-electron chi connectivity index (χ2n) is 5.46. The van der Waals surface area contributed by atoms with Crippen molar-refractivity contribution in [3.8, 4) is 0 Å². The number of hydrogen-bond donors (Lipinski definition) is 1. The Bertz CT molecular complexity index is 898. The Labute approximate surface area is 152 Å². The number of anilines is 1. The van der Waals surface area contributed by atoms with Crippen LogP contribution in [0.1, 0.15) is 11.1 Å². The highest BCUT2D eigenvalue weighted by Gasteiger charge is 2.20. The topological polar surface area (TPSA) is 78.8 Å². The van der Waals surface area contributed by atoms with Crippen LogP contribution in [0.4, 0.5) is 5.69 Å². The summed E-state index contributed by atoms with van der Waals surface area (Å²) in [5.74, 6) is -0.551. The molecule has 0 atom stereocenters. The lowest BCUT2D eigenvalue weighted by Crippen LogP contribution is -2.39. The van der Waals surface area contributed by atoms with Gasteiger partial charge in [-0.05, 0) is 42.3 Å². The predicted octanol–water partition coefficient (Wildman–Crippen LogP) is 2.56. The third-order valence-corrected chi connectivity index (χ3v) is 4.60. The summed E-state index contributed by atoms with van der Waals surface area (Å²) in [6, 6.07) is 13.9. The molecule has 0 aliphatic carbocycles. The first-order valence-electron chi connectivity index (χ1n) is 7.37. The van der Waals surface area contributed by atoms with Gasteiger partial charge in [-0.1, -0.05) is 35.9 Å². The summed E-state index contributed by atoms with van der Waals surface area (Å²) in [6.45, 7) is 1.48. The molecule has 1 amide bonds. The highest BCUT2D eigenvalue weighted by Crippen LogP contribution is 2.18. The number of carbonyl (C=O) groups is 1. The average Bonchev–Trinajstić information content (AvgIpc) is 2.51. The fourth-order valence-corrected chi connectivity index (χ4v) is 3.16. The van der Waals surface area contributed by atoms with E-state index >= 15 is 0 Å². The predicted molar refractivity (Wildman–Crippen MR) is 101 cm³/mol. The van der Waals surface area contributed by atoms with Crippen LogP contribution in [0, 0.1) is 6.92 Å². The first kappa shape index (κ1) is 19.0. The minimum absolute atomic E-state index is 0.366. The van der Waals surface area contributed by atoms with Crippen LogP contribution >= 0.6 is 11.6 Å². The highest BCUT2D eigenvalue weighted by molar-refractivity contribution is 7.92. The molecule has 1 N–H and O–H groups in total. The molecule has 0 spiro atoms. The minimum atomic E-state index is -3.61. The fourth-order valence-electron chi connectivity index (χ4n) is 2.11. The van der Waals surface area contributed by atoms with Gasteiger partial charge in [0.1, 0.15) is 6.54 Å². The van der Waals surface area contributed by atoms with Gasteiger partial charge in [-0.3, -0.25) is 9.10 Å². The smallest absolute Gasteiger partial charge is 0.260 e. The molecule has 0 saturated carbocycles. The van der Waals surface area contributed by atoms with Crippen molar-refractivity contribution >= 4 is 39.4 Å². The number of sulfonamides is 1. The third kappa shape index (κ3) is 5.88. The Balaban J connectivity index is 2.07. The van der Waals surface area contributed by atoms with Gasteiger partial charge in [0, 0.05) is 5.02 Å². The van der Waals surface area contributed by atoms with Crippen LogP contribution in [0.15, 0.2) is 53.6 Å². The zero-order chi connectivity index (χ0) is 18.4. The van der Waals surface area contributed by atoms with Crippen LogP contribution in [0.25, 0.3) is 0 Å². The van der Waals surface area contributed by atoms with Gasteiger partial charge in [0.2, 0.25) is 10.0 Å². The Morgan fingerprint density at radius 3 is 2.60 bits per heavy atom. The Hall–Kier alpha value is -2.38. The SMILES string of the molecule is Cc1cccc(N(CC(=O)N/N=C/c2cccc(Cl)c2)S(C)(=O)=O)c1. The molecule has 25 heavy (non-hydrogen) atoms. The van der Waals surface area contributed by atoms with Crippen molar-refractivity contribution in [2.75, 3.05) is 17.1 Å². The molecule has 0 fully saturated rings. The summed E-state index contributed by atoms with van der Waals surface area (Å²) in [5.41, 5.74) is 4.35. The normalized spacial score (nSPS) is 11.5. The molecule has 132 valence electrons. The maximum Gasteiger partial charge on any atom is 0.260 e. The van der Waals surface area contributed by atoms with E-state index in [1.807, 2.05) is 13.0 Å². The summed E-state index contributed by atoms with van der Waals surface area (Å²) in [4.78, 5) is 12.1. The average molecular weight is 380 g/mol. The van der Waals surface area contributed by atoms with Gasteiger partial charge in [-0.2, -0.15) is 5.10 Å². The molecule has 2 aromatic rings. The van der Waals surface area contributed by atoms with Gasteiger partial charge in [0.15, 0.2) is 0 Å². The maximum atomic E-state index is 12.1. The van der Waals surface area contributed by atoms with Crippen LogP contribution < -0.4 is 9.73 Å². The van der Waals surface area contributed by atoms with Crippen LogP contribution in [-0.2, 0) is 14.8 Å². The summed E-state index contributed by atoms with van der Waals surface area (Å²) >= 11 is 5.86. The van der Waals surface area contributed by atoms with E-state index in [0.717, 1.165) is 16.1 Å². The van der Waals surface area contributed by atoms with Gasteiger partial charge in [0.25, 0.3) is 5.91 Å². The van der Waals surface area contributed by atoms with Crippen molar-refractivity contribution in [2.24, 2.45) is 5.10 Å². The number of halogens is 1. The van der Waals surface area contributed by atoms with Gasteiger partial charge < -0.3 is 0 Å². The number of hydrogen-bond acceptors (Lipinski definition) is 4. The zero-order valence-corrected chi connectivity index (χ0v) is 15.4. The molecule has 0 heterocycles. The highest BCUT2D eigenvalue weighted by atomic mass is 35.5. The second-order valence-corrected chi connectivity index (χ2v) is 7.80. The van der Waals surface area contributed by atoms with Gasteiger partial charge >= 0.3 is 0 Å². The largest absolute Gasteiger partial charge is 0.271 e. The quantitative estimate of drug-likeness (QED) is 0.618. The van der Waals surface area contributed by atoms with Crippen molar-refractivity contribution in [3.05, 3.63) is 64.7 Å². The number of amides is 1. The third-order valence-electron chi connectivity index (χ3n) is 3.23. The summed E-state index contributed by atoms with van der Waals surface area (Å²) in [5, 5.41) is 4.38. The lowest BCUT2D eigenvalue weighted by molar-refractivity contribution is -0.119. The molecule has 0 aliphatic heterocycles. The summed E-state index contributed by atoms with van der Waals surface area (Å²) in [7, 11) is -3.61. The van der Waals surface area contributed by atoms with Crippen molar-refractivity contribution in [2.45, 2.75) is 6.92 Å². The van der Waals surface area contributed by atoms with E-state index in [9.17, 15) is 13.2 Å². The van der Waals surface area contributed by atoms with E-state index in [0.29, 0.717) is 16.3 Å². The van der Waals surface area contributed by atoms with Crippen LogP contribution in [0.2, 0.25) is 5.02 Å². The lowest BCUT2D eigenvalue weighted by Gasteiger charge is -2.21. The molecule has 6 nitrogen and oxygen atoms in total. The molecule has 2 aromatic carbocycles. The Morgan fingerprint density at radius 1 is 1.24 bits per heavy atom. The van der Waals surface area contributed by atoms with E-state index < -0.39 is 15.9 Å². The van der Waals surface area contributed by atoms with E-state index in [-0.39, 0.29) is 6.54 Å². The van der Waals surface area contributed by atoms with E-state index in [2.05, 4.69) is 10.5 Å². The summed E-state index contributed by atoms with van der Waals surface area (Å²) < 4.78 is 25.0. The Morgan fingerprint density at radius 2 is 1.96 bits per heavy atom. The number of nitrogens with zero attached hydrogens (tertiary/aromatic N) is 2.